The van der Waals surface area contributed by atoms with Gasteiger partial charge in [-0.05, 0) is 66.2 Å². The summed E-state index contributed by atoms with van der Waals surface area (Å²) in [4.78, 5) is 28.0. The number of hydrazone groups is 1. The molecule has 31 heavy (non-hydrogen) atoms. The van der Waals surface area contributed by atoms with E-state index in [2.05, 4.69) is 0 Å². The van der Waals surface area contributed by atoms with Gasteiger partial charge in [-0.1, -0.05) is 18.2 Å². The minimum absolute atomic E-state index is 0.341. The second-order valence-electron chi connectivity index (χ2n) is 7.30. The Kier molecular flexibility index (Phi) is 4.51. The van der Waals surface area contributed by atoms with Crippen molar-refractivity contribution in [2.24, 2.45) is 11.0 Å². The zero-order valence-corrected chi connectivity index (χ0v) is 16.6. The van der Waals surface area contributed by atoms with Gasteiger partial charge in [-0.15, -0.1) is 0 Å². The molecule has 6 nitrogen and oxygen atoms in total. The number of hydrogen-bond acceptors (Lipinski definition) is 5. The highest BCUT2D eigenvalue weighted by atomic mass is 19.1. The molecule has 2 aliphatic heterocycles. The van der Waals surface area contributed by atoms with Crippen molar-refractivity contribution < 1.29 is 18.7 Å². The Balaban J connectivity index is 1.61. The molecule has 154 valence electrons. The Bertz CT molecular complexity index is 1180. The maximum atomic E-state index is 13.4. The van der Waals surface area contributed by atoms with E-state index in [1.54, 1.807) is 24.3 Å². The maximum Gasteiger partial charge on any atom is 0.259 e. The monoisotopic (exact) mass is 415 g/mol. The molecule has 3 aromatic rings. The summed E-state index contributed by atoms with van der Waals surface area (Å²) in [6, 6.07) is 21.0. The average molecular weight is 415 g/mol. The molecule has 3 aromatic carbocycles. The second kappa shape index (κ2) is 7.36. The van der Waals surface area contributed by atoms with Crippen molar-refractivity contribution in [1.82, 2.24) is 0 Å². The number of benzene rings is 3. The standard InChI is InChI=1S/C24H18FN3O3/c1-31-19-13-7-15(8-14-19)21-20-22(28(26-21)18-5-3-2-4-6-18)24(30)27(23(20)29)17-11-9-16(25)10-12-17/h2-14,20,22H,1H3/t20-,22-/m0/s1. The summed E-state index contributed by atoms with van der Waals surface area (Å²) >= 11 is 0. The Morgan fingerprint density at radius 3 is 2.16 bits per heavy atom. The van der Waals surface area contributed by atoms with Crippen LogP contribution in [0, 0.1) is 11.7 Å². The summed E-state index contributed by atoms with van der Waals surface area (Å²) in [5.41, 5.74) is 2.30. The summed E-state index contributed by atoms with van der Waals surface area (Å²) in [6.45, 7) is 0. The molecule has 0 unspecified atom stereocenters. The molecule has 0 N–H and O–H groups in total. The van der Waals surface area contributed by atoms with Gasteiger partial charge >= 0.3 is 0 Å². The lowest BCUT2D eigenvalue weighted by Crippen LogP contribution is -2.39. The van der Waals surface area contributed by atoms with Crippen LogP contribution >= 0.6 is 0 Å². The smallest absolute Gasteiger partial charge is 0.259 e. The number of carbonyl (C=O) groups is 2. The van der Waals surface area contributed by atoms with Gasteiger partial charge in [-0.25, -0.2) is 9.29 Å². The molecule has 7 heteroatoms. The number of anilines is 2. The zero-order chi connectivity index (χ0) is 21.5. The van der Waals surface area contributed by atoms with Gasteiger partial charge in [-0.3, -0.25) is 14.6 Å². The van der Waals surface area contributed by atoms with Crippen LogP contribution in [0.4, 0.5) is 15.8 Å². The molecule has 0 spiro atoms. The van der Waals surface area contributed by atoms with Crippen molar-refractivity contribution in [3.8, 4) is 5.75 Å². The first-order valence-electron chi connectivity index (χ1n) is 9.79. The molecular weight excluding hydrogens is 397 g/mol. The summed E-state index contributed by atoms with van der Waals surface area (Å²) < 4.78 is 18.6. The van der Waals surface area contributed by atoms with E-state index in [4.69, 9.17) is 9.84 Å². The average Bonchev–Trinajstić information content (AvgIpc) is 3.32. The number of amides is 2. The van der Waals surface area contributed by atoms with Crippen LogP contribution in [-0.4, -0.2) is 30.7 Å². The van der Waals surface area contributed by atoms with Crippen LogP contribution in [0.25, 0.3) is 0 Å². The van der Waals surface area contributed by atoms with Crippen molar-refractivity contribution in [1.29, 1.82) is 0 Å². The molecule has 2 heterocycles. The lowest BCUT2D eigenvalue weighted by atomic mass is 9.93. The fourth-order valence-corrected chi connectivity index (χ4v) is 4.05. The molecule has 2 amide bonds. The van der Waals surface area contributed by atoms with Gasteiger partial charge in [0.2, 0.25) is 5.91 Å². The Morgan fingerprint density at radius 2 is 1.52 bits per heavy atom. The number of rotatable bonds is 4. The van der Waals surface area contributed by atoms with Crippen LogP contribution in [0.1, 0.15) is 5.56 Å². The number of para-hydroxylation sites is 1. The predicted octanol–water partition coefficient (Wildman–Crippen LogP) is 3.62. The third-order valence-corrected chi connectivity index (χ3v) is 5.54. The van der Waals surface area contributed by atoms with E-state index >= 15 is 0 Å². The Hall–Kier alpha value is -4.00. The van der Waals surface area contributed by atoms with Gasteiger partial charge in [0.25, 0.3) is 5.91 Å². The van der Waals surface area contributed by atoms with Gasteiger partial charge in [0, 0.05) is 0 Å². The predicted molar refractivity (Wildman–Crippen MR) is 115 cm³/mol. The van der Waals surface area contributed by atoms with Gasteiger partial charge in [-0.2, -0.15) is 5.10 Å². The van der Waals surface area contributed by atoms with E-state index in [1.807, 2.05) is 42.5 Å². The second-order valence-corrected chi connectivity index (χ2v) is 7.30. The number of methoxy groups -OCH3 is 1. The van der Waals surface area contributed by atoms with Crippen molar-refractivity contribution in [2.75, 3.05) is 17.0 Å². The van der Waals surface area contributed by atoms with Crippen LogP contribution in [0.15, 0.2) is 84.0 Å². The van der Waals surface area contributed by atoms with E-state index in [1.165, 1.54) is 24.3 Å². The van der Waals surface area contributed by atoms with E-state index in [-0.39, 0.29) is 5.91 Å². The fraction of sp³-hybridized carbons (Fsp3) is 0.125. The van der Waals surface area contributed by atoms with Gasteiger partial charge < -0.3 is 4.74 Å². The van der Waals surface area contributed by atoms with Crippen molar-refractivity contribution in [3.63, 3.8) is 0 Å². The summed E-state index contributed by atoms with van der Waals surface area (Å²) in [7, 11) is 1.58. The number of ether oxygens (including phenoxy) is 1. The number of carbonyl (C=O) groups excluding carboxylic acids is 2. The SMILES string of the molecule is COc1ccc(C2=NN(c3ccccc3)[C@@H]3C(=O)N(c4ccc(F)cc4)C(=O)[C@@H]23)cc1. The van der Waals surface area contributed by atoms with Crippen LogP contribution in [0.2, 0.25) is 0 Å². The zero-order valence-electron chi connectivity index (χ0n) is 16.6. The van der Waals surface area contributed by atoms with Crippen LogP contribution in [-0.2, 0) is 9.59 Å². The van der Waals surface area contributed by atoms with E-state index in [9.17, 15) is 14.0 Å². The summed E-state index contributed by atoms with van der Waals surface area (Å²) in [5, 5.41) is 6.30. The quantitative estimate of drug-likeness (QED) is 0.611. The van der Waals surface area contributed by atoms with Crippen molar-refractivity contribution in [3.05, 3.63) is 90.2 Å². The largest absolute Gasteiger partial charge is 0.497 e. The molecule has 0 radical (unpaired) electrons. The topological polar surface area (TPSA) is 62.2 Å². The molecule has 5 rings (SSSR count). The molecule has 0 aromatic heterocycles. The highest BCUT2D eigenvalue weighted by molar-refractivity contribution is 6.34. The van der Waals surface area contributed by atoms with E-state index < -0.39 is 23.7 Å². The van der Waals surface area contributed by atoms with Gasteiger partial charge in [0.05, 0.1) is 24.2 Å². The first-order chi connectivity index (χ1) is 15.1. The molecule has 0 saturated carbocycles. The molecule has 2 atom stereocenters. The fourth-order valence-electron chi connectivity index (χ4n) is 4.05. The normalized spacial score (nSPS) is 20.1. The lowest BCUT2D eigenvalue weighted by Gasteiger charge is -2.22. The molecule has 1 fully saturated rings. The Labute approximate surface area is 178 Å². The lowest BCUT2D eigenvalue weighted by molar-refractivity contribution is -0.121. The minimum Gasteiger partial charge on any atom is -0.497 e. The summed E-state index contributed by atoms with van der Waals surface area (Å²) in [5.74, 6) is -1.30. The first-order valence-corrected chi connectivity index (χ1v) is 9.79. The highest BCUT2D eigenvalue weighted by Crippen LogP contribution is 2.39. The van der Waals surface area contributed by atoms with E-state index in [0.29, 0.717) is 22.8 Å². The van der Waals surface area contributed by atoms with Gasteiger partial charge in [0.1, 0.15) is 23.5 Å². The number of halogens is 1. The number of hydrogen-bond donors (Lipinski definition) is 0. The number of nitrogens with zero attached hydrogens (tertiary/aromatic N) is 3. The molecular formula is C24H18FN3O3. The van der Waals surface area contributed by atoms with Crippen LogP contribution < -0.4 is 14.6 Å². The third kappa shape index (κ3) is 3.06. The molecule has 1 saturated heterocycles. The number of fused-ring (bicyclic) bond motifs is 1. The van der Waals surface area contributed by atoms with Crippen LogP contribution in [0.3, 0.4) is 0 Å². The van der Waals surface area contributed by atoms with Crippen molar-refractivity contribution >= 4 is 28.9 Å². The third-order valence-electron chi connectivity index (χ3n) is 5.54. The highest BCUT2D eigenvalue weighted by Gasteiger charge is 2.57. The maximum absolute atomic E-state index is 13.4. The molecule has 0 bridgehead atoms. The Morgan fingerprint density at radius 1 is 0.839 bits per heavy atom. The molecule has 2 aliphatic rings. The number of imide groups is 1. The summed E-state index contributed by atoms with van der Waals surface area (Å²) in [6.07, 6.45) is 0. The molecule has 0 aliphatic carbocycles. The van der Waals surface area contributed by atoms with Crippen molar-refractivity contribution in [2.45, 2.75) is 6.04 Å². The first kappa shape index (κ1) is 19.0. The van der Waals surface area contributed by atoms with E-state index in [0.717, 1.165) is 10.5 Å². The van der Waals surface area contributed by atoms with Crippen LogP contribution in [0.5, 0.6) is 5.75 Å². The van der Waals surface area contributed by atoms with Gasteiger partial charge in [0.15, 0.2) is 0 Å². The minimum atomic E-state index is -0.808.